The Balaban J connectivity index is 2.34. The second-order valence-electron chi connectivity index (χ2n) is 6.41. The van der Waals surface area contributed by atoms with Gasteiger partial charge >= 0.3 is 0 Å². The van der Waals surface area contributed by atoms with E-state index < -0.39 is 0 Å². The maximum Gasteiger partial charge on any atom is 0.192 e. The molecule has 1 fully saturated rings. The summed E-state index contributed by atoms with van der Waals surface area (Å²) in [4.78, 5) is 6.40. The highest BCUT2D eigenvalue weighted by Gasteiger charge is 2.25. The zero-order valence-corrected chi connectivity index (χ0v) is 14.6. The Hall–Kier alpha value is -1.71. The van der Waals surface area contributed by atoms with E-state index in [-0.39, 0.29) is 0 Å². The lowest BCUT2D eigenvalue weighted by Crippen LogP contribution is -2.29. The van der Waals surface area contributed by atoms with E-state index in [0.29, 0.717) is 0 Å². The molecule has 1 saturated carbocycles. The predicted molar refractivity (Wildman–Crippen MR) is 92.6 cm³/mol. The van der Waals surface area contributed by atoms with Gasteiger partial charge in [-0.1, -0.05) is 19.3 Å². The molecule has 0 radical (unpaired) electrons. The quantitative estimate of drug-likeness (QED) is 0.793. The fraction of sp³-hybridized carbons (Fsp3) is 0.611. The van der Waals surface area contributed by atoms with Gasteiger partial charge in [-0.05, 0) is 43.4 Å². The van der Waals surface area contributed by atoms with Gasteiger partial charge in [0.2, 0.25) is 0 Å². The SMILES string of the molecule is CN=C(C)C(C)=C(N)C1=CC(CC2CCC2)=C(OC)N(C)C1. The minimum Gasteiger partial charge on any atom is -0.482 e. The van der Waals surface area contributed by atoms with Crippen LogP contribution in [0.15, 0.2) is 39.4 Å². The van der Waals surface area contributed by atoms with Crippen LogP contribution in [0.4, 0.5) is 0 Å². The van der Waals surface area contributed by atoms with Gasteiger partial charge in [-0.3, -0.25) is 4.99 Å². The second kappa shape index (κ2) is 7.03. The van der Waals surface area contributed by atoms with E-state index in [1.807, 2.05) is 13.8 Å². The first-order valence-corrected chi connectivity index (χ1v) is 8.07. The molecule has 0 spiro atoms. The maximum atomic E-state index is 6.40. The molecule has 2 aliphatic rings. The highest BCUT2D eigenvalue weighted by Crippen LogP contribution is 2.36. The van der Waals surface area contributed by atoms with Crippen LogP contribution in [-0.4, -0.2) is 38.4 Å². The topological polar surface area (TPSA) is 50.9 Å². The Kier molecular flexibility index (Phi) is 5.33. The molecule has 0 unspecified atom stereocenters. The van der Waals surface area contributed by atoms with Crippen molar-refractivity contribution in [2.75, 3.05) is 27.7 Å². The Morgan fingerprint density at radius 1 is 1.41 bits per heavy atom. The maximum absolute atomic E-state index is 6.40. The molecule has 0 bridgehead atoms. The van der Waals surface area contributed by atoms with Gasteiger partial charge in [-0.25, -0.2) is 0 Å². The molecule has 2 rings (SSSR count). The number of nitrogens with zero attached hydrogens (tertiary/aromatic N) is 2. The van der Waals surface area contributed by atoms with Gasteiger partial charge < -0.3 is 15.4 Å². The van der Waals surface area contributed by atoms with Gasteiger partial charge in [0.05, 0.1) is 7.11 Å². The summed E-state index contributed by atoms with van der Waals surface area (Å²) < 4.78 is 5.62. The van der Waals surface area contributed by atoms with Crippen LogP contribution in [0.3, 0.4) is 0 Å². The molecule has 0 aromatic heterocycles. The van der Waals surface area contributed by atoms with Gasteiger partial charge in [-0.2, -0.15) is 0 Å². The first-order chi connectivity index (χ1) is 10.5. The summed E-state index contributed by atoms with van der Waals surface area (Å²) in [5.41, 5.74) is 11.7. The van der Waals surface area contributed by atoms with Gasteiger partial charge in [0.1, 0.15) is 0 Å². The number of hydrogen-bond donors (Lipinski definition) is 1. The Morgan fingerprint density at radius 3 is 2.59 bits per heavy atom. The highest BCUT2D eigenvalue weighted by atomic mass is 16.5. The fourth-order valence-corrected chi connectivity index (χ4v) is 3.10. The smallest absolute Gasteiger partial charge is 0.192 e. The van der Waals surface area contributed by atoms with Crippen LogP contribution in [-0.2, 0) is 4.74 Å². The minimum atomic E-state index is 0.775. The average Bonchev–Trinajstić information content (AvgIpc) is 2.48. The van der Waals surface area contributed by atoms with E-state index in [1.54, 1.807) is 14.2 Å². The zero-order valence-electron chi connectivity index (χ0n) is 14.6. The van der Waals surface area contributed by atoms with Crippen LogP contribution < -0.4 is 5.73 Å². The van der Waals surface area contributed by atoms with Gasteiger partial charge in [0.15, 0.2) is 5.88 Å². The number of ether oxygens (including phenoxy) is 1. The fourth-order valence-electron chi connectivity index (χ4n) is 3.10. The molecule has 1 heterocycles. The van der Waals surface area contributed by atoms with Crippen LogP contribution in [0, 0.1) is 5.92 Å². The van der Waals surface area contributed by atoms with Gasteiger partial charge in [0.25, 0.3) is 0 Å². The molecule has 1 aliphatic carbocycles. The highest BCUT2D eigenvalue weighted by molar-refractivity contribution is 5.98. The number of nitrogens with two attached hydrogens (primary N) is 1. The van der Waals surface area contributed by atoms with Crippen molar-refractivity contribution >= 4 is 5.71 Å². The van der Waals surface area contributed by atoms with Crippen LogP contribution >= 0.6 is 0 Å². The largest absolute Gasteiger partial charge is 0.482 e. The zero-order chi connectivity index (χ0) is 16.3. The molecule has 22 heavy (non-hydrogen) atoms. The van der Waals surface area contributed by atoms with Crippen molar-refractivity contribution in [1.29, 1.82) is 0 Å². The first kappa shape index (κ1) is 16.7. The molecule has 4 heteroatoms. The third-order valence-electron chi connectivity index (χ3n) is 4.93. The standard InChI is InChI=1S/C18H29N3O/c1-12(13(2)20-3)17(19)16-10-15(9-14-7-6-8-14)18(22-5)21(4)11-16/h10,14H,6-9,11,19H2,1-5H3. The van der Waals surface area contributed by atoms with Crippen molar-refractivity contribution in [3.8, 4) is 0 Å². The summed E-state index contributed by atoms with van der Waals surface area (Å²) in [6.45, 7) is 4.82. The number of rotatable bonds is 5. The summed E-state index contributed by atoms with van der Waals surface area (Å²) >= 11 is 0. The molecule has 0 aromatic rings. The van der Waals surface area contributed by atoms with Gasteiger partial charge in [-0.15, -0.1) is 0 Å². The van der Waals surface area contributed by atoms with Crippen molar-refractivity contribution < 1.29 is 4.74 Å². The van der Waals surface area contributed by atoms with Crippen molar-refractivity contribution in [3.05, 3.63) is 34.4 Å². The van der Waals surface area contributed by atoms with Crippen LogP contribution in [0.25, 0.3) is 0 Å². The molecule has 0 amide bonds. The monoisotopic (exact) mass is 303 g/mol. The lowest BCUT2D eigenvalue weighted by molar-refractivity contribution is 0.170. The molecule has 1 aliphatic heterocycles. The van der Waals surface area contributed by atoms with E-state index in [4.69, 9.17) is 10.5 Å². The molecule has 0 aromatic carbocycles. The Morgan fingerprint density at radius 2 is 2.09 bits per heavy atom. The number of hydrogen-bond acceptors (Lipinski definition) is 4. The Labute approximate surface area is 134 Å². The predicted octanol–water partition coefficient (Wildman–Crippen LogP) is 3.23. The summed E-state index contributed by atoms with van der Waals surface area (Å²) in [7, 11) is 5.62. The second-order valence-corrected chi connectivity index (χ2v) is 6.41. The number of methoxy groups -OCH3 is 1. The average molecular weight is 303 g/mol. The summed E-state index contributed by atoms with van der Waals surface area (Å²) in [6.07, 6.45) is 7.35. The van der Waals surface area contributed by atoms with Crippen LogP contribution in [0.1, 0.15) is 39.5 Å². The van der Waals surface area contributed by atoms with Crippen LogP contribution in [0.5, 0.6) is 0 Å². The summed E-state index contributed by atoms with van der Waals surface area (Å²) in [5.74, 6) is 1.79. The minimum absolute atomic E-state index is 0.775. The summed E-state index contributed by atoms with van der Waals surface area (Å²) in [6, 6.07) is 0. The lowest BCUT2D eigenvalue weighted by Gasteiger charge is -2.33. The summed E-state index contributed by atoms with van der Waals surface area (Å²) in [5, 5.41) is 0. The van der Waals surface area contributed by atoms with Crippen molar-refractivity contribution in [2.45, 2.75) is 39.5 Å². The molecule has 0 saturated heterocycles. The number of allylic oxidation sites excluding steroid dienone is 3. The van der Waals surface area contributed by atoms with E-state index >= 15 is 0 Å². The van der Waals surface area contributed by atoms with Crippen molar-refractivity contribution in [2.24, 2.45) is 16.6 Å². The first-order valence-electron chi connectivity index (χ1n) is 8.07. The number of aliphatic imine (C=N–C) groups is 1. The van der Waals surface area contributed by atoms with Gasteiger partial charge in [0, 0.05) is 37.6 Å². The third kappa shape index (κ3) is 3.37. The normalized spacial score (nSPS) is 21.4. The van der Waals surface area contributed by atoms with Crippen molar-refractivity contribution in [3.63, 3.8) is 0 Å². The molecular weight excluding hydrogens is 274 g/mol. The molecule has 122 valence electrons. The van der Waals surface area contributed by atoms with Crippen molar-refractivity contribution in [1.82, 2.24) is 4.90 Å². The molecule has 0 atom stereocenters. The molecule has 4 nitrogen and oxygen atoms in total. The van der Waals surface area contributed by atoms with E-state index in [9.17, 15) is 0 Å². The Bertz CT molecular complexity index is 551. The molecule has 2 N–H and O–H groups in total. The number of likely N-dealkylation sites (N-methyl/N-ethyl adjacent to an activating group) is 1. The lowest BCUT2D eigenvalue weighted by atomic mass is 9.80. The molecular formula is C18H29N3O. The van der Waals surface area contributed by atoms with E-state index in [1.165, 1.54) is 24.8 Å². The van der Waals surface area contributed by atoms with E-state index in [0.717, 1.165) is 47.3 Å². The van der Waals surface area contributed by atoms with E-state index in [2.05, 4.69) is 23.0 Å². The van der Waals surface area contributed by atoms with Crippen LogP contribution in [0.2, 0.25) is 0 Å². The third-order valence-corrected chi connectivity index (χ3v) is 4.93.